The van der Waals surface area contributed by atoms with Crippen molar-refractivity contribution in [3.05, 3.63) is 83.1 Å². The van der Waals surface area contributed by atoms with E-state index in [-0.39, 0.29) is 42.1 Å². The summed E-state index contributed by atoms with van der Waals surface area (Å²) in [5, 5.41) is 7.83. The van der Waals surface area contributed by atoms with Crippen LogP contribution in [0.25, 0.3) is 0 Å². The second-order valence-corrected chi connectivity index (χ2v) is 10.5. The van der Waals surface area contributed by atoms with Gasteiger partial charge in [0, 0.05) is 5.69 Å². The largest absolute Gasteiger partial charge is 0.731 e. The molecule has 0 bridgehead atoms. The highest BCUT2D eigenvalue weighted by Crippen LogP contribution is 2.38. The third-order valence-corrected chi connectivity index (χ3v) is 6.26. The molecule has 2 heterocycles. The maximum atomic E-state index is 11.1. The van der Waals surface area contributed by atoms with Crippen LogP contribution in [-0.4, -0.2) is 46.2 Å². The molecule has 204 valence electrons. The molecule has 0 spiro atoms. The van der Waals surface area contributed by atoms with E-state index in [1.54, 1.807) is 38.1 Å². The zero-order valence-corrected chi connectivity index (χ0v) is 22.1. The molecule has 0 unspecified atom stereocenters. The van der Waals surface area contributed by atoms with Crippen LogP contribution < -0.4 is 15.6 Å². The first-order valence-corrected chi connectivity index (χ1v) is 13.4. The summed E-state index contributed by atoms with van der Waals surface area (Å²) in [5.41, 5.74) is 0.442. The van der Waals surface area contributed by atoms with E-state index in [4.69, 9.17) is 13.6 Å². The molecule has 0 atom stereocenters. The van der Waals surface area contributed by atoms with Gasteiger partial charge in [-0.05, 0) is 62.1 Å². The molecule has 0 aliphatic heterocycles. The molecule has 0 fully saturated rings. The van der Waals surface area contributed by atoms with Gasteiger partial charge in [-0.1, -0.05) is 34.6 Å². The van der Waals surface area contributed by atoms with Crippen LogP contribution in [0.3, 0.4) is 0 Å². The van der Waals surface area contributed by atoms with Crippen LogP contribution in [0.15, 0.2) is 57.6 Å². The summed E-state index contributed by atoms with van der Waals surface area (Å²) in [7, 11) is -9.13. The summed E-state index contributed by atoms with van der Waals surface area (Å²) in [4.78, 5) is 8.86. The van der Waals surface area contributed by atoms with Gasteiger partial charge in [0.25, 0.3) is 0 Å². The first kappa shape index (κ1) is 28.7. The molecule has 0 saturated carbocycles. The summed E-state index contributed by atoms with van der Waals surface area (Å²) in [6.07, 6.45) is 0.378. The minimum Gasteiger partial charge on any atom is -0.731 e. The highest BCUT2D eigenvalue weighted by Gasteiger charge is 2.45. The zero-order valence-electron chi connectivity index (χ0n) is 20.4. The van der Waals surface area contributed by atoms with E-state index < -0.39 is 26.0 Å². The Bertz CT molecular complexity index is 1480. The van der Waals surface area contributed by atoms with Gasteiger partial charge in [0.2, 0.25) is 11.8 Å². The van der Waals surface area contributed by atoms with Crippen LogP contribution in [0.4, 0.5) is 11.4 Å². The molecule has 7 N–H and O–H groups in total. The van der Waals surface area contributed by atoms with Crippen molar-refractivity contribution in [2.75, 3.05) is 9.44 Å². The highest BCUT2D eigenvalue weighted by atomic mass is 32.2. The lowest BCUT2D eigenvalue weighted by atomic mass is 9.76. The number of rotatable bonds is 10. The van der Waals surface area contributed by atoms with Crippen molar-refractivity contribution in [2.45, 2.75) is 32.1 Å². The van der Waals surface area contributed by atoms with Gasteiger partial charge in [-0.15, -0.1) is 0 Å². The van der Waals surface area contributed by atoms with Gasteiger partial charge in [-0.2, -0.15) is 18.4 Å². The molecule has 0 aliphatic rings. The monoisotopic (exact) mass is 567 g/mol. The average molecular weight is 568 g/mol. The third-order valence-electron chi connectivity index (χ3n) is 5.28. The minimum absolute atomic E-state index is 0. The number of hydrogen-bond acceptors (Lipinski definition) is 11. The van der Waals surface area contributed by atoms with E-state index in [1.165, 1.54) is 24.3 Å². The van der Waals surface area contributed by atoms with Crippen molar-refractivity contribution in [1.82, 2.24) is 26.4 Å². The topological polar surface area (TPSA) is 250 Å². The first-order valence-electron chi connectivity index (χ1n) is 10.6. The normalized spacial score (nSPS) is 12.1. The van der Waals surface area contributed by atoms with Gasteiger partial charge >= 0.3 is 10.3 Å². The standard InChI is InChI=1S/C21H22N6O8S2.H3N/c1-13-22-19(34-24-13)21(20-23-14(2)25-35-20,11-15-3-7-17(8-4-15)26-36(28,29)30)12-16-5-9-18(10-6-16)27-37(31,32)33;/h3-10,26-27H,11-12H2,1-2H3,(H,28,29,30)(H,31,32,33);1H3. The van der Waals surface area contributed by atoms with Crippen molar-refractivity contribution in [1.29, 1.82) is 0 Å². The Morgan fingerprint density at radius 2 is 1.18 bits per heavy atom. The van der Waals surface area contributed by atoms with Crippen LogP contribution in [-0.2, 0) is 38.9 Å². The molecule has 4 aromatic rings. The van der Waals surface area contributed by atoms with Crippen LogP contribution in [0.2, 0.25) is 0 Å². The molecular formula is C21H25N7O8S2. The quantitative estimate of drug-likeness (QED) is 0.201. The highest BCUT2D eigenvalue weighted by molar-refractivity contribution is 7.87. The van der Waals surface area contributed by atoms with Crippen LogP contribution in [0.5, 0.6) is 0 Å². The second-order valence-electron chi connectivity index (χ2n) is 8.26. The first-order chi connectivity index (χ1) is 17.3. The fraction of sp³-hybridized carbons (Fsp3) is 0.238. The van der Waals surface area contributed by atoms with Gasteiger partial charge in [-0.3, -0.25) is 14.0 Å². The number of benzene rings is 2. The molecule has 15 nitrogen and oxygen atoms in total. The van der Waals surface area contributed by atoms with Crippen LogP contribution >= 0.6 is 0 Å². The van der Waals surface area contributed by atoms with Crippen molar-refractivity contribution in [3.63, 3.8) is 0 Å². The van der Waals surface area contributed by atoms with E-state index in [1.807, 2.05) is 9.44 Å². The molecule has 0 radical (unpaired) electrons. The minimum atomic E-state index is -4.69. The van der Waals surface area contributed by atoms with Crippen molar-refractivity contribution in [2.24, 2.45) is 0 Å². The Labute approximate surface area is 218 Å². The van der Waals surface area contributed by atoms with Gasteiger partial charge in [-0.25, -0.2) is 8.42 Å². The fourth-order valence-corrected chi connectivity index (χ4v) is 4.67. The summed E-state index contributed by atoms with van der Waals surface area (Å²) >= 11 is 0. The zero-order chi connectivity index (χ0) is 26.8. The molecule has 2 aromatic heterocycles. The number of nitrogens with zero attached hydrogens (tertiary/aromatic N) is 4. The Kier molecular flexibility index (Phi) is 8.18. The van der Waals surface area contributed by atoms with Crippen molar-refractivity contribution < 1.29 is 35.0 Å². The fourth-order valence-electron chi connectivity index (χ4n) is 3.81. The number of hydrogen-bond donors (Lipinski definition) is 4. The summed E-state index contributed by atoms with van der Waals surface area (Å²) in [6, 6.07) is 12.3. The van der Waals surface area contributed by atoms with Gasteiger partial charge in [0.1, 0.15) is 5.41 Å². The number of quaternary nitrogens is 1. The van der Waals surface area contributed by atoms with Gasteiger partial charge < -0.3 is 19.7 Å². The SMILES string of the molecule is Cc1noc(C(Cc2ccc(NS(=O)(=O)[O-])cc2)(Cc2ccc(NS(=O)(=O)O)cc2)c2nc(C)no2)n1.[NH4+]. The van der Waals surface area contributed by atoms with E-state index in [0.29, 0.717) is 22.8 Å². The molecule has 38 heavy (non-hydrogen) atoms. The van der Waals surface area contributed by atoms with E-state index >= 15 is 0 Å². The van der Waals surface area contributed by atoms with Crippen LogP contribution in [0.1, 0.15) is 34.6 Å². The summed E-state index contributed by atoms with van der Waals surface area (Å²) in [6.45, 7) is 3.30. The number of aryl methyl sites for hydroxylation is 2. The molecule has 2 aromatic carbocycles. The molecule has 0 aliphatic carbocycles. The van der Waals surface area contributed by atoms with Gasteiger partial charge in [0.05, 0.1) is 5.69 Å². The van der Waals surface area contributed by atoms with E-state index in [9.17, 15) is 21.4 Å². The second kappa shape index (κ2) is 10.8. The van der Waals surface area contributed by atoms with Crippen molar-refractivity contribution in [3.8, 4) is 0 Å². The Balaban J connectivity index is 0.00000400. The Morgan fingerprint density at radius 1 is 0.789 bits per heavy atom. The Morgan fingerprint density at radius 3 is 1.50 bits per heavy atom. The van der Waals surface area contributed by atoms with Crippen LogP contribution in [0, 0.1) is 13.8 Å². The lowest BCUT2D eigenvalue weighted by Crippen LogP contribution is -2.34. The molecule has 17 heteroatoms. The lowest BCUT2D eigenvalue weighted by molar-refractivity contribution is 0.242. The molecule has 0 saturated heterocycles. The maximum absolute atomic E-state index is 11.1. The maximum Gasteiger partial charge on any atom is 0.357 e. The number of aromatic nitrogens is 4. The Hall–Kier alpha value is -3.90. The van der Waals surface area contributed by atoms with Crippen molar-refractivity contribution >= 4 is 32.0 Å². The van der Waals surface area contributed by atoms with Gasteiger partial charge in [0.15, 0.2) is 22.0 Å². The smallest absolute Gasteiger partial charge is 0.357 e. The molecular weight excluding hydrogens is 542 g/mol. The third kappa shape index (κ3) is 7.11. The summed E-state index contributed by atoms with van der Waals surface area (Å²) < 4.78 is 79.3. The molecule has 0 amide bonds. The number of anilines is 2. The predicted molar refractivity (Wildman–Crippen MR) is 134 cm³/mol. The lowest BCUT2D eigenvalue weighted by Gasteiger charge is -2.27. The predicted octanol–water partition coefficient (Wildman–Crippen LogP) is 2.30. The average Bonchev–Trinajstić information content (AvgIpc) is 3.43. The van der Waals surface area contributed by atoms with E-state index in [0.717, 1.165) is 0 Å². The van der Waals surface area contributed by atoms with E-state index in [2.05, 4.69) is 20.3 Å². The summed E-state index contributed by atoms with van der Waals surface area (Å²) in [5.74, 6) is 1.09. The molecule has 4 rings (SSSR count). The number of nitrogens with one attached hydrogen (secondary N) is 2.